The predicted molar refractivity (Wildman–Crippen MR) is 94.9 cm³/mol. The van der Waals surface area contributed by atoms with E-state index in [0.29, 0.717) is 17.4 Å². The Bertz CT molecular complexity index is 818. The molecule has 3 rings (SSSR count). The molecule has 1 atom stereocenters. The van der Waals surface area contributed by atoms with E-state index in [2.05, 4.69) is 9.97 Å². The molecular weight excluding hydrogens is 318 g/mol. The summed E-state index contributed by atoms with van der Waals surface area (Å²) >= 11 is 0. The number of aromatic nitrogens is 2. The van der Waals surface area contributed by atoms with E-state index in [9.17, 15) is 0 Å². The van der Waals surface area contributed by atoms with Gasteiger partial charge in [0.25, 0.3) is 0 Å². The molecule has 0 saturated heterocycles. The third-order valence-electron chi connectivity index (χ3n) is 3.68. The Morgan fingerprint density at radius 2 is 1.44 bits per heavy atom. The molecule has 1 heterocycles. The van der Waals surface area contributed by atoms with Crippen molar-refractivity contribution in [2.75, 3.05) is 20.0 Å². The Morgan fingerprint density at radius 3 is 2.04 bits per heavy atom. The summed E-state index contributed by atoms with van der Waals surface area (Å²) in [6, 6.07) is 19.0. The van der Waals surface area contributed by atoms with Gasteiger partial charge in [0.1, 0.15) is 0 Å². The number of nitrogens with two attached hydrogens (primary N) is 1. The van der Waals surface area contributed by atoms with Crippen LogP contribution in [0.3, 0.4) is 0 Å². The molecule has 128 valence electrons. The van der Waals surface area contributed by atoms with Crippen LogP contribution in [0.25, 0.3) is 0 Å². The standard InChI is InChI=1S/C19H19N3O3/c1-23-16-12-17(24-2)22-19(21-16)25-18(13-8-4-3-5-9-13)14-10-6-7-11-15(14)20/h3-12,18H,20H2,1-2H3. The maximum absolute atomic E-state index is 6.15. The number of nitrogens with zero attached hydrogens (tertiary/aromatic N) is 2. The van der Waals surface area contributed by atoms with E-state index in [1.165, 1.54) is 14.2 Å². The summed E-state index contributed by atoms with van der Waals surface area (Å²) in [6.45, 7) is 0. The molecular formula is C19H19N3O3. The van der Waals surface area contributed by atoms with Gasteiger partial charge in [0.05, 0.1) is 20.3 Å². The zero-order chi connectivity index (χ0) is 17.6. The van der Waals surface area contributed by atoms with Crippen molar-refractivity contribution in [3.63, 3.8) is 0 Å². The number of benzene rings is 2. The Kier molecular flexibility index (Phi) is 4.99. The highest BCUT2D eigenvalue weighted by atomic mass is 16.5. The highest BCUT2D eigenvalue weighted by Crippen LogP contribution is 2.31. The fraction of sp³-hybridized carbons (Fsp3) is 0.158. The zero-order valence-corrected chi connectivity index (χ0v) is 14.0. The minimum Gasteiger partial charge on any atom is -0.481 e. The number of para-hydroxylation sites is 1. The molecule has 3 aromatic rings. The van der Waals surface area contributed by atoms with Crippen molar-refractivity contribution < 1.29 is 14.2 Å². The summed E-state index contributed by atoms with van der Waals surface area (Å²) in [5.74, 6) is 0.712. The number of nitrogen functional groups attached to an aromatic ring is 1. The summed E-state index contributed by atoms with van der Waals surface area (Å²) in [6.07, 6.45) is -0.459. The van der Waals surface area contributed by atoms with E-state index in [-0.39, 0.29) is 6.01 Å². The molecule has 1 aromatic heterocycles. The largest absolute Gasteiger partial charge is 0.481 e. The molecule has 2 N–H and O–H groups in total. The van der Waals surface area contributed by atoms with Crippen molar-refractivity contribution in [2.45, 2.75) is 6.10 Å². The van der Waals surface area contributed by atoms with Gasteiger partial charge >= 0.3 is 6.01 Å². The highest BCUT2D eigenvalue weighted by Gasteiger charge is 2.20. The first-order valence-corrected chi connectivity index (χ1v) is 7.74. The normalized spacial score (nSPS) is 11.6. The molecule has 0 amide bonds. The number of hydrogen-bond acceptors (Lipinski definition) is 6. The van der Waals surface area contributed by atoms with Gasteiger partial charge in [-0.2, -0.15) is 9.97 Å². The second-order valence-electron chi connectivity index (χ2n) is 5.27. The van der Waals surface area contributed by atoms with Gasteiger partial charge in [-0.15, -0.1) is 0 Å². The van der Waals surface area contributed by atoms with Crippen LogP contribution in [0.2, 0.25) is 0 Å². The number of hydrogen-bond donors (Lipinski definition) is 1. The number of rotatable bonds is 6. The quantitative estimate of drug-likeness (QED) is 0.696. The van der Waals surface area contributed by atoms with Crippen LogP contribution >= 0.6 is 0 Å². The van der Waals surface area contributed by atoms with Gasteiger partial charge < -0.3 is 19.9 Å². The molecule has 6 heteroatoms. The minimum atomic E-state index is -0.459. The molecule has 0 fully saturated rings. The van der Waals surface area contributed by atoms with Gasteiger partial charge in [-0.05, 0) is 11.6 Å². The molecule has 0 spiro atoms. The van der Waals surface area contributed by atoms with Crippen molar-refractivity contribution >= 4 is 5.69 Å². The fourth-order valence-electron chi connectivity index (χ4n) is 2.44. The lowest BCUT2D eigenvalue weighted by atomic mass is 10.00. The van der Waals surface area contributed by atoms with Gasteiger partial charge in [-0.25, -0.2) is 0 Å². The van der Waals surface area contributed by atoms with Crippen LogP contribution in [0.1, 0.15) is 17.2 Å². The SMILES string of the molecule is COc1cc(OC)nc(OC(c2ccccc2)c2ccccc2N)n1. The van der Waals surface area contributed by atoms with Gasteiger partial charge in [0.2, 0.25) is 11.8 Å². The topological polar surface area (TPSA) is 79.5 Å². The molecule has 2 aromatic carbocycles. The molecule has 0 aliphatic carbocycles. The summed E-state index contributed by atoms with van der Waals surface area (Å²) in [7, 11) is 3.05. The van der Waals surface area contributed by atoms with Crippen molar-refractivity contribution in [1.82, 2.24) is 9.97 Å². The Balaban J connectivity index is 2.03. The molecule has 0 aliphatic heterocycles. The summed E-state index contributed by atoms with van der Waals surface area (Å²) < 4.78 is 16.4. The van der Waals surface area contributed by atoms with E-state index < -0.39 is 6.10 Å². The van der Waals surface area contributed by atoms with Gasteiger partial charge in [-0.1, -0.05) is 48.5 Å². The first kappa shape index (κ1) is 16.6. The molecule has 25 heavy (non-hydrogen) atoms. The van der Waals surface area contributed by atoms with Crippen LogP contribution < -0.4 is 19.9 Å². The average Bonchev–Trinajstić information content (AvgIpc) is 2.67. The summed E-state index contributed by atoms with van der Waals surface area (Å²) in [4.78, 5) is 8.49. The van der Waals surface area contributed by atoms with Crippen LogP contribution in [0.15, 0.2) is 60.7 Å². The highest BCUT2D eigenvalue weighted by molar-refractivity contribution is 5.50. The van der Waals surface area contributed by atoms with E-state index in [1.54, 1.807) is 6.07 Å². The van der Waals surface area contributed by atoms with Gasteiger partial charge in [0.15, 0.2) is 6.10 Å². The maximum atomic E-state index is 6.15. The van der Waals surface area contributed by atoms with E-state index in [0.717, 1.165) is 11.1 Å². The summed E-state index contributed by atoms with van der Waals surface area (Å²) in [5, 5.41) is 0. The summed E-state index contributed by atoms with van der Waals surface area (Å²) in [5.41, 5.74) is 8.55. The second kappa shape index (κ2) is 7.53. The minimum absolute atomic E-state index is 0.147. The lowest BCUT2D eigenvalue weighted by Gasteiger charge is -2.20. The molecule has 0 bridgehead atoms. The molecule has 1 unspecified atom stereocenters. The molecule has 0 aliphatic rings. The third-order valence-corrected chi connectivity index (χ3v) is 3.68. The van der Waals surface area contributed by atoms with Gasteiger partial charge in [0, 0.05) is 11.3 Å². The first-order chi connectivity index (χ1) is 12.2. The van der Waals surface area contributed by atoms with Crippen molar-refractivity contribution in [1.29, 1.82) is 0 Å². The lowest BCUT2D eigenvalue weighted by molar-refractivity contribution is 0.219. The maximum Gasteiger partial charge on any atom is 0.324 e. The Morgan fingerprint density at radius 1 is 0.840 bits per heavy atom. The smallest absolute Gasteiger partial charge is 0.324 e. The van der Waals surface area contributed by atoms with Crippen molar-refractivity contribution in [3.05, 3.63) is 71.8 Å². The fourth-order valence-corrected chi connectivity index (χ4v) is 2.44. The lowest BCUT2D eigenvalue weighted by Crippen LogP contribution is -2.13. The van der Waals surface area contributed by atoms with Crippen molar-refractivity contribution in [2.24, 2.45) is 0 Å². The van der Waals surface area contributed by atoms with Crippen LogP contribution in [-0.2, 0) is 0 Å². The van der Waals surface area contributed by atoms with E-state index in [4.69, 9.17) is 19.9 Å². The first-order valence-electron chi connectivity index (χ1n) is 7.74. The van der Waals surface area contributed by atoms with Crippen LogP contribution in [0, 0.1) is 0 Å². The zero-order valence-electron chi connectivity index (χ0n) is 14.0. The number of anilines is 1. The van der Waals surface area contributed by atoms with Crippen LogP contribution in [0.5, 0.6) is 17.8 Å². The predicted octanol–water partition coefficient (Wildman–Crippen LogP) is 3.24. The second-order valence-corrected chi connectivity index (χ2v) is 5.27. The average molecular weight is 337 g/mol. The van der Waals surface area contributed by atoms with Crippen molar-refractivity contribution in [3.8, 4) is 17.8 Å². The van der Waals surface area contributed by atoms with Crippen LogP contribution in [-0.4, -0.2) is 24.2 Å². The molecule has 0 radical (unpaired) electrons. The Hall–Kier alpha value is -3.28. The molecule has 0 saturated carbocycles. The molecule has 6 nitrogen and oxygen atoms in total. The van der Waals surface area contributed by atoms with Gasteiger partial charge in [-0.3, -0.25) is 0 Å². The number of ether oxygens (including phenoxy) is 3. The van der Waals surface area contributed by atoms with E-state index >= 15 is 0 Å². The number of methoxy groups -OCH3 is 2. The Labute approximate surface area is 146 Å². The van der Waals surface area contributed by atoms with E-state index in [1.807, 2.05) is 54.6 Å². The van der Waals surface area contributed by atoms with Crippen LogP contribution in [0.4, 0.5) is 5.69 Å². The monoisotopic (exact) mass is 337 g/mol. The third kappa shape index (κ3) is 3.80.